The van der Waals surface area contributed by atoms with Crippen LogP contribution in [0.2, 0.25) is 0 Å². The van der Waals surface area contributed by atoms with Crippen LogP contribution in [-0.2, 0) is 0 Å². The molecule has 2 N–H and O–H groups in total. The van der Waals surface area contributed by atoms with Gasteiger partial charge in [0.15, 0.2) is 0 Å². The number of pyridine rings is 1. The van der Waals surface area contributed by atoms with Crippen molar-refractivity contribution in [2.24, 2.45) is 0 Å². The maximum atomic E-state index is 10.1. The molecule has 0 saturated heterocycles. The highest BCUT2D eigenvalue weighted by Gasteiger charge is 2.27. The quantitative estimate of drug-likeness (QED) is 0.211. The number of fused-ring (bicyclic) bond motifs is 1. The predicted octanol–water partition coefficient (Wildman–Crippen LogP) is 6.54. The van der Waals surface area contributed by atoms with Crippen LogP contribution in [0.3, 0.4) is 0 Å². The van der Waals surface area contributed by atoms with E-state index in [2.05, 4.69) is 51.1 Å². The molecule has 0 radical (unpaired) electrons. The first-order valence-electron chi connectivity index (χ1n) is 14.3. The fourth-order valence-corrected chi connectivity index (χ4v) is 5.06. The van der Waals surface area contributed by atoms with E-state index in [-0.39, 0.29) is 17.6 Å². The lowest BCUT2D eigenvalue weighted by Gasteiger charge is -2.22. The molecule has 6 rings (SSSR count). The molecule has 0 aliphatic heterocycles. The molecule has 42 heavy (non-hydrogen) atoms. The molecule has 1 aliphatic rings. The molecular weight excluding hydrogens is 522 g/mol. The summed E-state index contributed by atoms with van der Waals surface area (Å²) < 4.78 is 11.5. The zero-order valence-corrected chi connectivity index (χ0v) is 22.9. The van der Waals surface area contributed by atoms with Gasteiger partial charge >= 0.3 is 0 Å². The standard InChI is InChI=1S/C33H27N9/c1-2-29(22-8-4-3-5-9-22)39-32-25(18-36)19-37-31-24(17-35)14-26(15-28(31)32)38-33(23-10-6-7-21(13-23)16-34)30-20-42(41-40-30)27-11-12-27/h3-10,13-15,19-20,27,29,33,38H,2,11-12H2,1H3,(H,37,39)/t29-,33?/m1/s1/i33D. The van der Waals surface area contributed by atoms with Crippen molar-refractivity contribution < 1.29 is 1.37 Å². The van der Waals surface area contributed by atoms with Crippen molar-refractivity contribution in [1.29, 1.82) is 15.8 Å². The number of nitrogens with zero attached hydrogens (tertiary/aromatic N) is 7. The van der Waals surface area contributed by atoms with Gasteiger partial charge in [0.05, 0.1) is 59.6 Å². The van der Waals surface area contributed by atoms with Crippen LogP contribution < -0.4 is 10.6 Å². The number of nitrogens with one attached hydrogen (secondary N) is 2. The van der Waals surface area contributed by atoms with Crippen LogP contribution in [0, 0.1) is 34.0 Å². The number of rotatable bonds is 9. The van der Waals surface area contributed by atoms with Gasteiger partial charge < -0.3 is 10.6 Å². The third-order valence-corrected chi connectivity index (χ3v) is 7.38. The summed E-state index contributed by atoms with van der Waals surface area (Å²) in [5.41, 5.74) is 4.40. The number of hydrogen-bond donors (Lipinski definition) is 2. The van der Waals surface area contributed by atoms with Crippen LogP contribution in [0.25, 0.3) is 10.9 Å². The van der Waals surface area contributed by atoms with Crippen LogP contribution >= 0.6 is 0 Å². The minimum atomic E-state index is -1.65. The summed E-state index contributed by atoms with van der Waals surface area (Å²) in [6, 6.07) is 25.4. The van der Waals surface area contributed by atoms with E-state index in [1.165, 1.54) is 6.20 Å². The van der Waals surface area contributed by atoms with Crippen LogP contribution in [0.1, 0.15) is 79.2 Å². The molecular formula is C33H27N9. The average molecular weight is 551 g/mol. The maximum absolute atomic E-state index is 10.1. The smallest absolute Gasteiger partial charge is 0.109 e. The van der Waals surface area contributed by atoms with Crippen molar-refractivity contribution in [2.75, 3.05) is 10.6 Å². The fraction of sp³-hybridized carbons (Fsp3) is 0.212. The van der Waals surface area contributed by atoms with Crippen molar-refractivity contribution in [1.82, 2.24) is 20.0 Å². The summed E-state index contributed by atoms with van der Waals surface area (Å²) in [5, 5.41) is 45.8. The number of anilines is 2. The van der Waals surface area contributed by atoms with Crippen molar-refractivity contribution in [3.8, 4) is 18.2 Å². The molecule has 3 aromatic carbocycles. The fourth-order valence-electron chi connectivity index (χ4n) is 5.06. The van der Waals surface area contributed by atoms with E-state index < -0.39 is 6.02 Å². The average Bonchev–Trinajstić information content (AvgIpc) is 3.78. The Hall–Kier alpha value is -5.72. The molecule has 2 aromatic heterocycles. The molecule has 1 unspecified atom stereocenters. The van der Waals surface area contributed by atoms with E-state index in [4.69, 9.17) is 0 Å². The van der Waals surface area contributed by atoms with Crippen molar-refractivity contribution in [2.45, 2.75) is 44.3 Å². The molecule has 2 heterocycles. The van der Waals surface area contributed by atoms with E-state index in [1.807, 2.05) is 30.3 Å². The zero-order chi connectivity index (χ0) is 30.0. The minimum absolute atomic E-state index is 0.0949. The van der Waals surface area contributed by atoms with E-state index in [0.29, 0.717) is 44.7 Å². The predicted molar refractivity (Wildman–Crippen MR) is 159 cm³/mol. The SMILES string of the molecule is [2H]C(Nc1cc(C#N)c2ncc(C#N)c(N[C@H](CC)c3ccccc3)c2c1)(c1cccc(C#N)c1)c1cn(C2CC2)nn1. The van der Waals surface area contributed by atoms with E-state index in [1.54, 1.807) is 47.3 Å². The third kappa shape index (κ3) is 5.22. The Morgan fingerprint density at radius 1 is 0.952 bits per heavy atom. The monoisotopic (exact) mass is 550 g/mol. The first kappa shape index (κ1) is 25.3. The van der Waals surface area contributed by atoms with E-state index >= 15 is 0 Å². The summed E-state index contributed by atoms with van der Waals surface area (Å²) >= 11 is 0. The molecule has 0 bridgehead atoms. The van der Waals surface area contributed by atoms with E-state index in [0.717, 1.165) is 24.8 Å². The normalized spacial score (nSPS) is 15.0. The lowest BCUT2D eigenvalue weighted by molar-refractivity contribution is 0.610. The Morgan fingerprint density at radius 2 is 1.74 bits per heavy atom. The van der Waals surface area contributed by atoms with Crippen LogP contribution in [0.15, 0.2) is 79.1 Å². The van der Waals surface area contributed by atoms with Gasteiger partial charge in [0.2, 0.25) is 0 Å². The van der Waals surface area contributed by atoms with E-state index in [9.17, 15) is 17.2 Å². The number of hydrogen-bond acceptors (Lipinski definition) is 8. The van der Waals surface area contributed by atoms with Gasteiger partial charge in [-0.05, 0) is 54.7 Å². The summed E-state index contributed by atoms with van der Waals surface area (Å²) in [7, 11) is 0. The zero-order valence-electron chi connectivity index (χ0n) is 23.9. The number of benzene rings is 3. The molecule has 2 atom stereocenters. The molecule has 1 fully saturated rings. The second-order valence-electron chi connectivity index (χ2n) is 10.2. The van der Waals surface area contributed by atoms with Gasteiger partial charge in [-0.25, -0.2) is 4.68 Å². The highest BCUT2D eigenvalue weighted by molar-refractivity contribution is 5.99. The Balaban J connectivity index is 1.50. The highest BCUT2D eigenvalue weighted by Crippen LogP contribution is 2.37. The first-order valence-corrected chi connectivity index (χ1v) is 13.8. The molecule has 1 saturated carbocycles. The summed E-state index contributed by atoms with van der Waals surface area (Å²) in [5.74, 6) is 0. The summed E-state index contributed by atoms with van der Waals surface area (Å²) in [6.45, 7) is 2.06. The van der Waals surface area contributed by atoms with Crippen LogP contribution in [0.5, 0.6) is 0 Å². The maximum Gasteiger partial charge on any atom is 0.109 e. The molecule has 9 heteroatoms. The second kappa shape index (κ2) is 11.4. The summed E-state index contributed by atoms with van der Waals surface area (Å²) in [4.78, 5) is 4.47. The number of nitriles is 3. The lowest BCUT2D eigenvalue weighted by atomic mass is 9.99. The second-order valence-corrected chi connectivity index (χ2v) is 10.2. The van der Waals surface area contributed by atoms with Crippen molar-refractivity contribution in [3.63, 3.8) is 0 Å². The highest BCUT2D eigenvalue weighted by atomic mass is 15.4. The van der Waals surface area contributed by atoms with Gasteiger partial charge in [0.1, 0.15) is 17.8 Å². The van der Waals surface area contributed by atoms with Gasteiger partial charge in [-0.3, -0.25) is 4.98 Å². The summed E-state index contributed by atoms with van der Waals surface area (Å²) in [6.07, 6.45) is 6.01. The van der Waals surface area contributed by atoms with Gasteiger partial charge in [-0.2, -0.15) is 15.8 Å². The van der Waals surface area contributed by atoms with Crippen LogP contribution in [-0.4, -0.2) is 20.0 Å². The largest absolute Gasteiger partial charge is 0.377 e. The molecule has 9 nitrogen and oxygen atoms in total. The minimum Gasteiger partial charge on any atom is -0.377 e. The molecule has 204 valence electrons. The molecule has 0 amide bonds. The van der Waals surface area contributed by atoms with Crippen LogP contribution in [0.4, 0.5) is 11.4 Å². The van der Waals surface area contributed by atoms with Gasteiger partial charge in [-0.15, -0.1) is 5.10 Å². The molecule has 1 aliphatic carbocycles. The topological polar surface area (TPSA) is 139 Å². The first-order chi connectivity index (χ1) is 21.0. The lowest BCUT2D eigenvalue weighted by Crippen LogP contribution is -2.14. The van der Waals surface area contributed by atoms with Crippen molar-refractivity contribution in [3.05, 3.63) is 113 Å². The molecule has 0 spiro atoms. The molecule has 5 aromatic rings. The Kier molecular flexibility index (Phi) is 6.86. The third-order valence-electron chi connectivity index (χ3n) is 7.38. The Morgan fingerprint density at radius 3 is 2.45 bits per heavy atom. The Labute approximate surface area is 245 Å². The Bertz CT molecular complexity index is 1940. The van der Waals surface area contributed by atoms with Gasteiger partial charge in [0, 0.05) is 17.3 Å². The van der Waals surface area contributed by atoms with Gasteiger partial charge in [0.25, 0.3) is 0 Å². The number of aromatic nitrogens is 4. The van der Waals surface area contributed by atoms with Gasteiger partial charge in [-0.1, -0.05) is 54.6 Å². The van der Waals surface area contributed by atoms with Crippen molar-refractivity contribution >= 4 is 22.3 Å².